The molecule has 0 unspecified atom stereocenters. The Labute approximate surface area is 115 Å². The van der Waals surface area contributed by atoms with Gasteiger partial charge < -0.3 is 9.72 Å². The van der Waals surface area contributed by atoms with E-state index in [0.29, 0.717) is 22.4 Å². The third kappa shape index (κ3) is 2.49. The molecule has 1 aromatic heterocycles. The Balaban J connectivity index is 2.08. The average molecular weight is 277 g/mol. The van der Waals surface area contributed by atoms with Crippen LogP contribution in [-0.2, 0) is 0 Å². The zero-order valence-electron chi connectivity index (χ0n) is 10.4. The first-order chi connectivity index (χ1) is 9.17. The third-order valence-electron chi connectivity index (χ3n) is 3.17. The largest absolute Gasteiger partial charge is 0.495 e. The topological polar surface area (TPSA) is 55.0 Å². The summed E-state index contributed by atoms with van der Waals surface area (Å²) < 4.78 is 5.18. The molecule has 98 valence electrons. The molecule has 0 saturated heterocycles. The molecule has 3 rings (SSSR count). The van der Waals surface area contributed by atoms with Crippen molar-refractivity contribution in [3.8, 4) is 17.0 Å². The Morgan fingerprint density at radius 3 is 2.84 bits per heavy atom. The summed E-state index contributed by atoms with van der Waals surface area (Å²) in [5.41, 5.74) is 1.36. The van der Waals surface area contributed by atoms with Crippen molar-refractivity contribution in [2.75, 3.05) is 7.11 Å². The third-order valence-corrected chi connectivity index (χ3v) is 3.48. The van der Waals surface area contributed by atoms with Crippen molar-refractivity contribution in [1.82, 2.24) is 9.97 Å². The van der Waals surface area contributed by atoms with E-state index < -0.39 is 0 Å². The molecule has 1 fully saturated rings. The summed E-state index contributed by atoms with van der Waals surface area (Å²) in [6.45, 7) is 0. The van der Waals surface area contributed by atoms with Crippen LogP contribution in [0.1, 0.15) is 24.6 Å². The van der Waals surface area contributed by atoms with Gasteiger partial charge in [0.1, 0.15) is 11.6 Å². The fraction of sp³-hybridized carbons (Fsp3) is 0.286. The first-order valence-corrected chi connectivity index (χ1v) is 6.50. The Morgan fingerprint density at radius 2 is 2.16 bits per heavy atom. The minimum atomic E-state index is -0.124. The molecule has 0 radical (unpaired) electrons. The lowest BCUT2D eigenvalue weighted by Gasteiger charge is -2.07. The molecular formula is C14H13ClN2O2. The van der Waals surface area contributed by atoms with Crippen LogP contribution >= 0.6 is 11.6 Å². The summed E-state index contributed by atoms with van der Waals surface area (Å²) in [6, 6.07) is 6.87. The van der Waals surface area contributed by atoms with E-state index in [2.05, 4.69) is 9.97 Å². The predicted octanol–water partition coefficient (Wildman–Crippen LogP) is 2.98. The number of nitrogens with one attached hydrogen (secondary N) is 1. The number of nitrogens with zero attached hydrogens (tertiary/aromatic N) is 1. The van der Waals surface area contributed by atoms with E-state index in [0.717, 1.165) is 24.2 Å². The molecular weight excluding hydrogens is 264 g/mol. The van der Waals surface area contributed by atoms with E-state index in [1.807, 2.05) is 6.07 Å². The van der Waals surface area contributed by atoms with Crippen LogP contribution in [-0.4, -0.2) is 17.1 Å². The fourth-order valence-corrected chi connectivity index (χ4v) is 2.19. The molecule has 5 heteroatoms. The molecule has 2 aromatic rings. The molecule has 1 N–H and O–H groups in total. The van der Waals surface area contributed by atoms with Gasteiger partial charge in [0.05, 0.1) is 17.8 Å². The fourth-order valence-electron chi connectivity index (χ4n) is 1.99. The second-order valence-electron chi connectivity index (χ2n) is 4.64. The van der Waals surface area contributed by atoms with E-state index in [1.54, 1.807) is 19.2 Å². The van der Waals surface area contributed by atoms with Crippen LogP contribution in [0.15, 0.2) is 29.1 Å². The highest BCUT2D eigenvalue weighted by Gasteiger charge is 2.26. The number of halogens is 1. The number of benzene rings is 1. The van der Waals surface area contributed by atoms with Crippen molar-refractivity contribution in [2.24, 2.45) is 0 Å². The van der Waals surface area contributed by atoms with Gasteiger partial charge in [0.15, 0.2) is 0 Å². The number of rotatable bonds is 3. The van der Waals surface area contributed by atoms with Gasteiger partial charge in [-0.15, -0.1) is 0 Å². The van der Waals surface area contributed by atoms with Crippen LogP contribution in [0.3, 0.4) is 0 Å². The van der Waals surface area contributed by atoms with E-state index in [1.165, 1.54) is 6.07 Å². The summed E-state index contributed by atoms with van der Waals surface area (Å²) >= 11 is 5.99. The number of methoxy groups -OCH3 is 1. The molecule has 1 aliphatic carbocycles. The zero-order chi connectivity index (χ0) is 13.4. The molecule has 0 atom stereocenters. The Bertz CT molecular complexity index is 677. The van der Waals surface area contributed by atoms with Gasteiger partial charge in [-0.05, 0) is 25.0 Å². The lowest BCUT2D eigenvalue weighted by Crippen LogP contribution is -2.10. The van der Waals surface area contributed by atoms with E-state index in [4.69, 9.17) is 16.3 Å². The van der Waals surface area contributed by atoms with E-state index in [9.17, 15) is 4.79 Å². The SMILES string of the molecule is COc1cc(-c2cc(=O)[nH]c(C3CC3)n2)ccc1Cl. The van der Waals surface area contributed by atoms with Crippen molar-refractivity contribution in [3.63, 3.8) is 0 Å². The molecule has 0 bridgehead atoms. The maximum atomic E-state index is 11.7. The number of H-pyrrole nitrogens is 1. The van der Waals surface area contributed by atoms with Crippen LogP contribution in [0.25, 0.3) is 11.3 Å². The van der Waals surface area contributed by atoms with Crippen molar-refractivity contribution < 1.29 is 4.74 Å². The number of ether oxygens (including phenoxy) is 1. The first-order valence-electron chi connectivity index (χ1n) is 6.12. The van der Waals surface area contributed by atoms with Crippen molar-refractivity contribution >= 4 is 11.6 Å². The minimum absolute atomic E-state index is 0.124. The highest BCUT2D eigenvalue weighted by Crippen LogP contribution is 2.38. The maximum Gasteiger partial charge on any atom is 0.251 e. The summed E-state index contributed by atoms with van der Waals surface area (Å²) in [5.74, 6) is 1.76. The van der Waals surface area contributed by atoms with Gasteiger partial charge in [-0.3, -0.25) is 4.79 Å². The molecule has 1 aliphatic rings. The van der Waals surface area contributed by atoms with Crippen molar-refractivity contribution in [3.05, 3.63) is 45.5 Å². The van der Waals surface area contributed by atoms with Gasteiger partial charge >= 0.3 is 0 Å². The molecule has 1 saturated carbocycles. The summed E-state index contributed by atoms with van der Waals surface area (Å²) in [6.07, 6.45) is 2.19. The second kappa shape index (κ2) is 4.70. The van der Waals surface area contributed by atoms with Gasteiger partial charge in [-0.1, -0.05) is 17.7 Å². The first kappa shape index (κ1) is 12.2. The summed E-state index contributed by atoms with van der Waals surface area (Å²) in [4.78, 5) is 19.0. The van der Waals surface area contributed by atoms with Gasteiger partial charge in [-0.25, -0.2) is 4.98 Å². The molecule has 19 heavy (non-hydrogen) atoms. The van der Waals surface area contributed by atoms with Crippen LogP contribution in [0.4, 0.5) is 0 Å². The summed E-state index contributed by atoms with van der Waals surface area (Å²) in [7, 11) is 1.56. The Kier molecular flexibility index (Phi) is 3.03. The van der Waals surface area contributed by atoms with E-state index in [-0.39, 0.29) is 5.56 Å². The smallest absolute Gasteiger partial charge is 0.251 e. The quantitative estimate of drug-likeness (QED) is 0.938. The summed E-state index contributed by atoms with van der Waals surface area (Å²) in [5, 5.41) is 0.540. The molecule has 1 heterocycles. The number of hydrogen-bond donors (Lipinski definition) is 1. The number of aromatic amines is 1. The van der Waals surface area contributed by atoms with Crippen LogP contribution in [0.5, 0.6) is 5.75 Å². The normalized spacial score (nSPS) is 14.4. The standard InChI is InChI=1S/C14H13ClN2O2/c1-19-12-6-9(4-5-10(12)15)11-7-13(18)17-14(16-11)8-2-3-8/h4-8H,2-3H2,1H3,(H,16,17,18). The monoisotopic (exact) mass is 276 g/mol. The second-order valence-corrected chi connectivity index (χ2v) is 5.05. The van der Waals surface area contributed by atoms with E-state index >= 15 is 0 Å². The minimum Gasteiger partial charge on any atom is -0.495 e. The Morgan fingerprint density at radius 1 is 1.37 bits per heavy atom. The van der Waals surface area contributed by atoms with Gasteiger partial charge in [-0.2, -0.15) is 0 Å². The lowest BCUT2D eigenvalue weighted by molar-refractivity contribution is 0.415. The van der Waals surface area contributed by atoms with Gasteiger partial charge in [0.25, 0.3) is 5.56 Å². The van der Waals surface area contributed by atoms with Crippen LogP contribution in [0.2, 0.25) is 5.02 Å². The van der Waals surface area contributed by atoms with Gasteiger partial charge in [0.2, 0.25) is 0 Å². The lowest BCUT2D eigenvalue weighted by atomic mass is 10.1. The number of hydrogen-bond acceptors (Lipinski definition) is 3. The highest BCUT2D eigenvalue weighted by molar-refractivity contribution is 6.32. The molecule has 4 nitrogen and oxygen atoms in total. The Hall–Kier alpha value is -1.81. The van der Waals surface area contributed by atoms with Crippen molar-refractivity contribution in [2.45, 2.75) is 18.8 Å². The van der Waals surface area contributed by atoms with Gasteiger partial charge in [0, 0.05) is 17.5 Å². The average Bonchev–Trinajstić information content (AvgIpc) is 3.23. The predicted molar refractivity (Wildman–Crippen MR) is 73.8 cm³/mol. The highest BCUT2D eigenvalue weighted by atomic mass is 35.5. The zero-order valence-corrected chi connectivity index (χ0v) is 11.2. The molecule has 1 aromatic carbocycles. The molecule has 0 aliphatic heterocycles. The van der Waals surface area contributed by atoms with Crippen LogP contribution < -0.4 is 10.3 Å². The molecule has 0 spiro atoms. The maximum absolute atomic E-state index is 11.7. The molecule has 0 amide bonds. The van der Waals surface area contributed by atoms with Crippen molar-refractivity contribution in [1.29, 1.82) is 0 Å². The van der Waals surface area contributed by atoms with Crippen LogP contribution in [0, 0.1) is 0 Å². The number of aromatic nitrogens is 2.